The second-order valence-electron chi connectivity index (χ2n) is 5.67. The van der Waals surface area contributed by atoms with E-state index in [4.69, 9.17) is 0 Å². The molecule has 0 saturated carbocycles. The number of pyridine rings is 1. The maximum absolute atomic E-state index is 13.1. The number of halogens is 3. The van der Waals surface area contributed by atoms with E-state index in [1.54, 1.807) is 12.1 Å². The molecule has 3 nitrogen and oxygen atoms in total. The summed E-state index contributed by atoms with van der Waals surface area (Å²) in [7, 11) is 0. The average molecular weight is 322 g/mol. The number of hydrogen-bond donors (Lipinski definition) is 0. The topological polar surface area (TPSA) is 20.6 Å². The lowest BCUT2D eigenvalue weighted by atomic mass is 10.1. The van der Waals surface area contributed by atoms with Crippen molar-refractivity contribution in [2.45, 2.75) is 12.7 Å². The molecule has 2 aromatic rings. The molecule has 0 unspecified atom stereocenters. The summed E-state index contributed by atoms with van der Waals surface area (Å²) in [6.45, 7) is 3.43. The standard InChI is InChI=1S/C17H18F3N3/c18-17(19,20)15-6-2-1-5-14(15)13-22-9-11-23(12-10-22)16-7-3-4-8-21-16/h1-8H,9-13H2/p+1. The number of alkyl halides is 3. The van der Waals surface area contributed by atoms with E-state index in [1.165, 1.54) is 6.07 Å². The minimum atomic E-state index is -4.29. The summed E-state index contributed by atoms with van der Waals surface area (Å²) in [6, 6.07) is 11.7. The van der Waals surface area contributed by atoms with Gasteiger partial charge in [-0.15, -0.1) is 0 Å². The van der Waals surface area contributed by atoms with Crippen molar-refractivity contribution < 1.29 is 18.2 Å². The van der Waals surface area contributed by atoms with Gasteiger partial charge in [0.15, 0.2) is 0 Å². The summed E-state index contributed by atoms with van der Waals surface area (Å²) >= 11 is 0. The van der Waals surface area contributed by atoms with Crippen molar-refractivity contribution >= 4 is 5.82 Å². The molecule has 0 aliphatic carbocycles. The maximum Gasteiger partial charge on any atom is 0.416 e. The monoisotopic (exact) mass is 322 g/mol. The fourth-order valence-electron chi connectivity index (χ4n) is 2.90. The maximum atomic E-state index is 13.1. The first kappa shape index (κ1) is 15.8. The van der Waals surface area contributed by atoms with Crippen LogP contribution in [-0.4, -0.2) is 31.1 Å². The fourth-order valence-corrected chi connectivity index (χ4v) is 2.90. The second-order valence-corrected chi connectivity index (χ2v) is 5.67. The minimum Gasteiger partial charge on any atom is -0.291 e. The normalized spacial score (nSPS) is 16.6. The van der Waals surface area contributed by atoms with Gasteiger partial charge in [-0.05, 0) is 17.7 Å². The number of hydrogen-bond acceptors (Lipinski definition) is 2. The zero-order chi connectivity index (χ0) is 16.3. The molecule has 0 radical (unpaired) electrons. The van der Waals surface area contributed by atoms with Crippen LogP contribution < -0.4 is 9.88 Å². The van der Waals surface area contributed by atoms with Crippen LogP contribution in [0.1, 0.15) is 11.1 Å². The average Bonchev–Trinajstić information content (AvgIpc) is 2.56. The van der Waals surface area contributed by atoms with Crippen molar-refractivity contribution in [3.8, 4) is 0 Å². The zero-order valence-electron chi connectivity index (χ0n) is 12.7. The lowest BCUT2D eigenvalue weighted by Gasteiger charge is -2.31. The first-order valence-corrected chi connectivity index (χ1v) is 7.63. The number of rotatable bonds is 3. The summed E-state index contributed by atoms with van der Waals surface area (Å²) in [5.74, 6) is 1.04. The van der Waals surface area contributed by atoms with Gasteiger partial charge in [-0.2, -0.15) is 13.2 Å². The molecule has 0 bridgehead atoms. The van der Waals surface area contributed by atoms with E-state index >= 15 is 0 Å². The Labute approximate surface area is 133 Å². The highest BCUT2D eigenvalue weighted by molar-refractivity contribution is 5.33. The van der Waals surface area contributed by atoms with Crippen LogP contribution in [-0.2, 0) is 12.7 Å². The lowest BCUT2D eigenvalue weighted by Crippen LogP contribution is -2.47. The number of piperazine rings is 1. The SMILES string of the molecule is FC(F)(F)c1ccccc1CN1CCN(c2cccc[nH+]2)CC1. The van der Waals surface area contributed by atoms with Gasteiger partial charge in [0.05, 0.1) is 24.8 Å². The highest BCUT2D eigenvalue weighted by Crippen LogP contribution is 2.32. The Morgan fingerprint density at radius 3 is 2.26 bits per heavy atom. The number of aromatic nitrogens is 1. The van der Waals surface area contributed by atoms with Crippen LogP contribution in [0.5, 0.6) is 0 Å². The van der Waals surface area contributed by atoms with Crippen molar-refractivity contribution in [3.05, 3.63) is 59.8 Å². The zero-order valence-corrected chi connectivity index (χ0v) is 12.7. The Kier molecular flexibility index (Phi) is 4.52. The largest absolute Gasteiger partial charge is 0.416 e. The van der Waals surface area contributed by atoms with Crippen molar-refractivity contribution in [1.82, 2.24) is 4.90 Å². The number of nitrogens with zero attached hydrogens (tertiary/aromatic N) is 2. The molecule has 1 aromatic heterocycles. The van der Waals surface area contributed by atoms with E-state index in [0.717, 1.165) is 38.1 Å². The van der Waals surface area contributed by atoms with Gasteiger partial charge in [0, 0.05) is 25.7 Å². The molecule has 0 spiro atoms. The predicted octanol–water partition coefficient (Wildman–Crippen LogP) is 2.84. The van der Waals surface area contributed by atoms with Gasteiger partial charge in [-0.25, -0.2) is 4.98 Å². The van der Waals surface area contributed by atoms with Crippen LogP contribution in [0.3, 0.4) is 0 Å². The van der Waals surface area contributed by atoms with Gasteiger partial charge in [0.25, 0.3) is 5.82 Å². The summed E-state index contributed by atoms with van der Waals surface area (Å²) < 4.78 is 39.2. The Balaban J connectivity index is 1.64. The van der Waals surface area contributed by atoms with Gasteiger partial charge in [-0.3, -0.25) is 9.80 Å². The number of anilines is 1. The third kappa shape index (κ3) is 3.82. The molecule has 1 N–H and O–H groups in total. The Morgan fingerprint density at radius 1 is 0.913 bits per heavy atom. The highest BCUT2D eigenvalue weighted by atomic mass is 19.4. The smallest absolute Gasteiger partial charge is 0.291 e. The Morgan fingerprint density at radius 2 is 1.61 bits per heavy atom. The van der Waals surface area contributed by atoms with E-state index in [2.05, 4.69) is 14.8 Å². The second kappa shape index (κ2) is 6.58. The molecule has 0 amide bonds. The molecule has 2 heterocycles. The Hall–Kier alpha value is -2.08. The quantitative estimate of drug-likeness (QED) is 0.866. The van der Waals surface area contributed by atoms with E-state index in [9.17, 15) is 13.2 Å². The first-order chi connectivity index (χ1) is 11.0. The van der Waals surface area contributed by atoms with Crippen molar-refractivity contribution in [2.75, 3.05) is 31.1 Å². The number of aromatic amines is 1. The van der Waals surface area contributed by atoms with Gasteiger partial charge in [0.2, 0.25) is 0 Å². The van der Waals surface area contributed by atoms with E-state index in [0.29, 0.717) is 12.1 Å². The lowest BCUT2D eigenvalue weighted by molar-refractivity contribution is -0.364. The van der Waals surface area contributed by atoms with Crippen LogP contribution in [0.4, 0.5) is 19.0 Å². The summed E-state index contributed by atoms with van der Waals surface area (Å²) in [6.07, 6.45) is -2.42. The molecule has 23 heavy (non-hydrogen) atoms. The Bertz CT molecular complexity index is 635. The molecule has 3 rings (SSSR count). The van der Waals surface area contributed by atoms with Crippen LogP contribution in [0.25, 0.3) is 0 Å². The van der Waals surface area contributed by atoms with E-state index in [1.807, 2.05) is 24.4 Å². The predicted molar refractivity (Wildman–Crippen MR) is 81.9 cm³/mol. The summed E-state index contributed by atoms with van der Waals surface area (Å²) in [5.41, 5.74) is -0.182. The molecule has 6 heteroatoms. The molecular weight excluding hydrogens is 303 g/mol. The molecular formula is C17H19F3N3+. The molecule has 0 atom stereocenters. The molecule has 1 aromatic carbocycles. The van der Waals surface area contributed by atoms with Gasteiger partial charge in [-0.1, -0.05) is 24.3 Å². The van der Waals surface area contributed by atoms with Gasteiger partial charge in [0.1, 0.15) is 0 Å². The number of H-pyrrole nitrogens is 1. The summed E-state index contributed by atoms with van der Waals surface area (Å²) in [4.78, 5) is 7.48. The number of nitrogens with one attached hydrogen (secondary N) is 1. The third-order valence-corrected chi connectivity index (χ3v) is 4.12. The van der Waals surface area contributed by atoms with Crippen molar-refractivity contribution in [3.63, 3.8) is 0 Å². The van der Waals surface area contributed by atoms with Crippen molar-refractivity contribution in [2.24, 2.45) is 0 Å². The fraction of sp³-hybridized carbons (Fsp3) is 0.353. The first-order valence-electron chi connectivity index (χ1n) is 7.63. The van der Waals surface area contributed by atoms with E-state index < -0.39 is 11.7 Å². The molecule has 122 valence electrons. The van der Waals surface area contributed by atoms with Crippen LogP contribution in [0, 0.1) is 0 Å². The van der Waals surface area contributed by atoms with E-state index in [-0.39, 0.29) is 0 Å². The van der Waals surface area contributed by atoms with Crippen LogP contribution in [0.2, 0.25) is 0 Å². The van der Waals surface area contributed by atoms with Gasteiger partial charge >= 0.3 is 6.18 Å². The molecule has 1 saturated heterocycles. The van der Waals surface area contributed by atoms with Crippen LogP contribution in [0.15, 0.2) is 48.7 Å². The molecule has 1 aliphatic heterocycles. The molecule has 1 aliphatic rings. The molecule has 1 fully saturated rings. The van der Waals surface area contributed by atoms with Crippen LogP contribution >= 0.6 is 0 Å². The number of benzene rings is 1. The highest BCUT2D eigenvalue weighted by Gasteiger charge is 2.33. The van der Waals surface area contributed by atoms with Gasteiger partial charge < -0.3 is 0 Å². The summed E-state index contributed by atoms with van der Waals surface area (Å²) in [5, 5.41) is 0. The third-order valence-electron chi connectivity index (χ3n) is 4.12. The van der Waals surface area contributed by atoms with Crippen molar-refractivity contribution in [1.29, 1.82) is 0 Å². The minimum absolute atomic E-state index is 0.335.